The van der Waals surface area contributed by atoms with Crippen molar-refractivity contribution in [1.29, 1.82) is 5.26 Å². The van der Waals surface area contributed by atoms with E-state index in [0.29, 0.717) is 13.0 Å². The summed E-state index contributed by atoms with van der Waals surface area (Å²) in [7, 11) is 0. The summed E-state index contributed by atoms with van der Waals surface area (Å²) in [5, 5.41) is 16.8. The maximum Gasteiger partial charge on any atom is 0.179 e. The van der Waals surface area contributed by atoms with Crippen LogP contribution < -0.4 is 0 Å². The van der Waals surface area contributed by atoms with Crippen LogP contribution >= 0.6 is 0 Å². The zero-order chi connectivity index (χ0) is 6.04. The third-order valence-corrected chi connectivity index (χ3v) is 1.34. The number of hydrogen-bond donors (Lipinski definition) is 1. The van der Waals surface area contributed by atoms with Crippen molar-refractivity contribution < 1.29 is 9.84 Å². The SMILES string of the molecule is N#CC1(CO)CCO1. The van der Waals surface area contributed by atoms with E-state index in [-0.39, 0.29) is 6.61 Å². The number of nitrogens with zero attached hydrogens (tertiary/aromatic N) is 1. The third kappa shape index (κ3) is 0.585. The molecule has 1 rings (SSSR count). The van der Waals surface area contributed by atoms with Gasteiger partial charge in [-0.15, -0.1) is 0 Å². The highest BCUT2D eigenvalue weighted by Gasteiger charge is 2.37. The Balaban J connectivity index is 2.49. The Morgan fingerprint density at radius 3 is 2.50 bits per heavy atom. The minimum Gasteiger partial charge on any atom is -0.392 e. The summed E-state index contributed by atoms with van der Waals surface area (Å²) in [5.74, 6) is 0. The first-order valence-electron chi connectivity index (χ1n) is 2.49. The average Bonchev–Trinajstić information content (AvgIpc) is 1.67. The fourth-order valence-electron chi connectivity index (χ4n) is 0.597. The van der Waals surface area contributed by atoms with Gasteiger partial charge in [-0.05, 0) is 0 Å². The molecule has 1 aliphatic heterocycles. The summed E-state index contributed by atoms with van der Waals surface area (Å²) >= 11 is 0. The predicted molar refractivity (Wildman–Crippen MR) is 26.0 cm³/mol. The molecule has 1 N–H and O–H groups in total. The molecule has 3 heteroatoms. The van der Waals surface area contributed by atoms with E-state index >= 15 is 0 Å². The van der Waals surface area contributed by atoms with Crippen LogP contribution in [0, 0.1) is 11.3 Å². The average molecular weight is 113 g/mol. The lowest BCUT2D eigenvalue weighted by Gasteiger charge is -2.33. The van der Waals surface area contributed by atoms with Gasteiger partial charge in [0, 0.05) is 6.42 Å². The van der Waals surface area contributed by atoms with Crippen molar-refractivity contribution in [1.82, 2.24) is 0 Å². The van der Waals surface area contributed by atoms with E-state index in [2.05, 4.69) is 0 Å². The number of aliphatic hydroxyl groups is 1. The maximum atomic E-state index is 8.49. The van der Waals surface area contributed by atoms with Crippen LogP contribution in [0.3, 0.4) is 0 Å². The van der Waals surface area contributed by atoms with Gasteiger partial charge in [-0.2, -0.15) is 5.26 Å². The molecule has 1 unspecified atom stereocenters. The second-order valence-corrected chi connectivity index (χ2v) is 1.86. The number of ether oxygens (including phenoxy) is 1. The molecule has 1 fully saturated rings. The molecule has 8 heavy (non-hydrogen) atoms. The van der Waals surface area contributed by atoms with Gasteiger partial charge < -0.3 is 9.84 Å². The largest absolute Gasteiger partial charge is 0.392 e. The molecule has 0 amide bonds. The summed E-state index contributed by atoms with van der Waals surface area (Å²) < 4.78 is 4.81. The lowest BCUT2D eigenvalue weighted by Crippen LogP contribution is -2.45. The molecule has 0 aliphatic carbocycles. The fraction of sp³-hybridized carbons (Fsp3) is 0.800. The molecule has 1 atom stereocenters. The van der Waals surface area contributed by atoms with Crippen molar-refractivity contribution in [3.63, 3.8) is 0 Å². The summed E-state index contributed by atoms with van der Waals surface area (Å²) in [5.41, 5.74) is -0.833. The number of nitriles is 1. The number of hydrogen-bond acceptors (Lipinski definition) is 3. The minimum absolute atomic E-state index is 0.177. The molecule has 1 aliphatic rings. The highest BCUT2D eigenvalue weighted by Crippen LogP contribution is 2.23. The first kappa shape index (κ1) is 5.54. The van der Waals surface area contributed by atoms with E-state index < -0.39 is 5.60 Å². The normalized spacial score (nSPS) is 35.5. The van der Waals surface area contributed by atoms with Gasteiger partial charge in [0.25, 0.3) is 0 Å². The summed E-state index contributed by atoms with van der Waals surface area (Å²) in [4.78, 5) is 0. The van der Waals surface area contributed by atoms with Crippen LogP contribution in [0.5, 0.6) is 0 Å². The highest BCUT2D eigenvalue weighted by molar-refractivity contribution is 5.05. The Bertz CT molecular complexity index is 117. The van der Waals surface area contributed by atoms with Crippen LogP contribution in [0.2, 0.25) is 0 Å². The zero-order valence-corrected chi connectivity index (χ0v) is 4.42. The lowest BCUT2D eigenvalue weighted by molar-refractivity contribution is -0.131. The zero-order valence-electron chi connectivity index (χ0n) is 4.42. The van der Waals surface area contributed by atoms with Crippen LogP contribution in [0.4, 0.5) is 0 Å². The Kier molecular flexibility index (Phi) is 1.20. The van der Waals surface area contributed by atoms with Crippen molar-refractivity contribution in [2.75, 3.05) is 13.2 Å². The van der Waals surface area contributed by atoms with Crippen molar-refractivity contribution in [3.05, 3.63) is 0 Å². The van der Waals surface area contributed by atoms with E-state index in [1.54, 1.807) is 0 Å². The molecule has 1 heterocycles. The molecule has 0 spiro atoms. The molecule has 1 saturated heterocycles. The van der Waals surface area contributed by atoms with Gasteiger partial charge in [0.15, 0.2) is 5.60 Å². The number of rotatable bonds is 1. The summed E-state index contributed by atoms with van der Waals surface area (Å²) in [6.07, 6.45) is 0.667. The van der Waals surface area contributed by atoms with Crippen LogP contribution in [0.15, 0.2) is 0 Å². The summed E-state index contributed by atoms with van der Waals surface area (Å²) in [6.45, 7) is 0.428. The Morgan fingerprint density at radius 2 is 2.50 bits per heavy atom. The monoisotopic (exact) mass is 113 g/mol. The van der Waals surface area contributed by atoms with Crippen LogP contribution in [-0.2, 0) is 4.74 Å². The fourth-order valence-corrected chi connectivity index (χ4v) is 0.597. The van der Waals surface area contributed by atoms with E-state index in [0.717, 1.165) is 0 Å². The van der Waals surface area contributed by atoms with Crippen molar-refractivity contribution in [2.45, 2.75) is 12.0 Å². The molecule has 0 radical (unpaired) electrons. The van der Waals surface area contributed by atoms with E-state index in [9.17, 15) is 0 Å². The Morgan fingerprint density at radius 1 is 1.88 bits per heavy atom. The Labute approximate surface area is 47.5 Å². The van der Waals surface area contributed by atoms with Gasteiger partial charge in [0.1, 0.15) is 6.07 Å². The van der Waals surface area contributed by atoms with E-state index in [1.165, 1.54) is 0 Å². The van der Waals surface area contributed by atoms with Gasteiger partial charge in [-0.1, -0.05) is 0 Å². The van der Waals surface area contributed by atoms with Crippen LogP contribution in [0.1, 0.15) is 6.42 Å². The van der Waals surface area contributed by atoms with Crippen molar-refractivity contribution in [3.8, 4) is 6.07 Å². The minimum atomic E-state index is -0.833. The van der Waals surface area contributed by atoms with Gasteiger partial charge in [0.05, 0.1) is 13.2 Å². The number of aliphatic hydroxyl groups excluding tert-OH is 1. The second-order valence-electron chi connectivity index (χ2n) is 1.86. The van der Waals surface area contributed by atoms with E-state index in [1.807, 2.05) is 6.07 Å². The molecule has 0 saturated carbocycles. The molecule has 0 aromatic rings. The first-order chi connectivity index (χ1) is 3.83. The molecule has 0 bridgehead atoms. The Hall–Kier alpha value is -0.590. The lowest BCUT2D eigenvalue weighted by atomic mass is 9.98. The molecular weight excluding hydrogens is 106 g/mol. The molecule has 0 aromatic carbocycles. The topological polar surface area (TPSA) is 53.2 Å². The molecule has 44 valence electrons. The molecular formula is C5H7NO2. The smallest absolute Gasteiger partial charge is 0.179 e. The second kappa shape index (κ2) is 1.73. The highest BCUT2D eigenvalue weighted by atomic mass is 16.5. The predicted octanol–water partition coefficient (Wildman–Crippen LogP) is -0.339. The molecule has 3 nitrogen and oxygen atoms in total. The van der Waals surface area contributed by atoms with Gasteiger partial charge in [0.2, 0.25) is 0 Å². The quantitative estimate of drug-likeness (QED) is 0.506. The van der Waals surface area contributed by atoms with Gasteiger partial charge >= 0.3 is 0 Å². The van der Waals surface area contributed by atoms with Gasteiger partial charge in [-0.3, -0.25) is 0 Å². The standard InChI is InChI=1S/C5H7NO2/c6-3-5(4-7)1-2-8-5/h7H,1-2,4H2. The van der Waals surface area contributed by atoms with Crippen molar-refractivity contribution >= 4 is 0 Å². The first-order valence-corrected chi connectivity index (χ1v) is 2.49. The molecule has 0 aromatic heterocycles. The van der Waals surface area contributed by atoms with E-state index in [4.69, 9.17) is 15.1 Å². The third-order valence-electron chi connectivity index (χ3n) is 1.34. The summed E-state index contributed by atoms with van der Waals surface area (Å²) in [6, 6.07) is 1.89. The van der Waals surface area contributed by atoms with Crippen molar-refractivity contribution in [2.24, 2.45) is 0 Å². The van der Waals surface area contributed by atoms with Crippen LogP contribution in [0.25, 0.3) is 0 Å². The maximum absolute atomic E-state index is 8.49. The van der Waals surface area contributed by atoms with Crippen LogP contribution in [-0.4, -0.2) is 23.9 Å². The van der Waals surface area contributed by atoms with Gasteiger partial charge in [-0.25, -0.2) is 0 Å².